The molecule has 5 nitrogen and oxygen atoms in total. The molecule has 0 saturated carbocycles. The molecule has 0 aliphatic rings. The number of anilines is 1. The molecule has 1 aromatic rings. The van der Waals surface area contributed by atoms with E-state index in [1.54, 1.807) is 0 Å². The zero-order valence-electron chi connectivity index (χ0n) is 9.84. The molecule has 1 heterocycles. The molecule has 1 aromatic heterocycles. The maximum Gasteiger partial charge on any atom is 0.354 e. The van der Waals surface area contributed by atoms with Crippen LogP contribution in [0, 0.1) is 0 Å². The zero-order chi connectivity index (χ0) is 12.1. The first kappa shape index (κ1) is 12.4. The van der Waals surface area contributed by atoms with Gasteiger partial charge in [-0.05, 0) is 26.3 Å². The molecule has 0 saturated heterocycles. The van der Waals surface area contributed by atoms with Crippen LogP contribution in [0.1, 0.15) is 37.7 Å². The van der Waals surface area contributed by atoms with Gasteiger partial charge in [0, 0.05) is 18.8 Å². The number of aromatic nitrogens is 2. The predicted octanol–water partition coefficient (Wildman–Crippen LogP) is 1.80. The lowest BCUT2D eigenvalue weighted by Gasteiger charge is -2.26. The molecule has 0 fully saturated rings. The van der Waals surface area contributed by atoms with Crippen molar-refractivity contribution in [1.82, 2.24) is 9.97 Å². The zero-order valence-corrected chi connectivity index (χ0v) is 9.84. The second-order valence-electron chi connectivity index (χ2n) is 3.83. The van der Waals surface area contributed by atoms with E-state index in [0.29, 0.717) is 5.95 Å². The number of carboxylic acids is 1. The van der Waals surface area contributed by atoms with E-state index in [4.69, 9.17) is 5.11 Å². The second kappa shape index (κ2) is 5.44. The van der Waals surface area contributed by atoms with Crippen LogP contribution in [0.15, 0.2) is 12.3 Å². The first-order valence-corrected chi connectivity index (χ1v) is 5.39. The van der Waals surface area contributed by atoms with Gasteiger partial charge in [-0.25, -0.2) is 14.8 Å². The smallest absolute Gasteiger partial charge is 0.354 e. The van der Waals surface area contributed by atoms with Crippen LogP contribution in [0.5, 0.6) is 0 Å². The fourth-order valence-electron chi connectivity index (χ4n) is 1.44. The average molecular weight is 223 g/mol. The molecule has 0 aromatic carbocycles. The van der Waals surface area contributed by atoms with Crippen LogP contribution in [-0.4, -0.2) is 33.6 Å². The molecular weight excluding hydrogens is 206 g/mol. The first-order valence-electron chi connectivity index (χ1n) is 5.39. The van der Waals surface area contributed by atoms with E-state index in [2.05, 4.69) is 16.9 Å². The van der Waals surface area contributed by atoms with Crippen LogP contribution >= 0.6 is 0 Å². The molecule has 0 aliphatic carbocycles. The Kier molecular flexibility index (Phi) is 4.22. The van der Waals surface area contributed by atoms with E-state index in [-0.39, 0.29) is 11.7 Å². The van der Waals surface area contributed by atoms with E-state index in [0.717, 1.165) is 13.0 Å². The van der Waals surface area contributed by atoms with Gasteiger partial charge in [-0.2, -0.15) is 0 Å². The topological polar surface area (TPSA) is 66.3 Å². The SMILES string of the molecule is CCCN(c1nccc(C(=O)O)n1)C(C)C. The number of carbonyl (C=O) groups is 1. The lowest BCUT2D eigenvalue weighted by atomic mass is 10.3. The molecule has 0 bridgehead atoms. The summed E-state index contributed by atoms with van der Waals surface area (Å²) in [6.45, 7) is 6.95. The highest BCUT2D eigenvalue weighted by molar-refractivity contribution is 5.85. The van der Waals surface area contributed by atoms with Crippen molar-refractivity contribution in [3.63, 3.8) is 0 Å². The van der Waals surface area contributed by atoms with Gasteiger partial charge in [0.1, 0.15) is 0 Å². The third-order valence-electron chi connectivity index (χ3n) is 2.21. The van der Waals surface area contributed by atoms with Crippen LogP contribution in [0.25, 0.3) is 0 Å². The summed E-state index contributed by atoms with van der Waals surface area (Å²) in [7, 11) is 0. The van der Waals surface area contributed by atoms with Gasteiger partial charge in [-0.1, -0.05) is 6.92 Å². The summed E-state index contributed by atoms with van der Waals surface area (Å²) in [6, 6.07) is 1.65. The Morgan fingerprint density at radius 1 is 1.56 bits per heavy atom. The summed E-state index contributed by atoms with van der Waals surface area (Å²) in [6.07, 6.45) is 2.45. The monoisotopic (exact) mass is 223 g/mol. The Hall–Kier alpha value is -1.65. The third-order valence-corrected chi connectivity index (χ3v) is 2.21. The van der Waals surface area contributed by atoms with Gasteiger partial charge >= 0.3 is 5.97 Å². The summed E-state index contributed by atoms with van der Waals surface area (Å²) in [4.78, 5) is 20.9. The van der Waals surface area contributed by atoms with Crippen molar-refractivity contribution >= 4 is 11.9 Å². The van der Waals surface area contributed by atoms with Gasteiger partial charge in [0.15, 0.2) is 5.69 Å². The lowest BCUT2D eigenvalue weighted by molar-refractivity contribution is 0.0690. The summed E-state index contributed by atoms with van der Waals surface area (Å²) in [5.74, 6) is -0.541. The average Bonchev–Trinajstić information content (AvgIpc) is 2.25. The van der Waals surface area contributed by atoms with Crippen molar-refractivity contribution in [1.29, 1.82) is 0 Å². The fourth-order valence-corrected chi connectivity index (χ4v) is 1.44. The number of hydrogen-bond acceptors (Lipinski definition) is 4. The number of hydrogen-bond donors (Lipinski definition) is 1. The standard InChI is InChI=1S/C11H17N3O2/c1-4-7-14(8(2)3)11-12-6-5-9(13-11)10(15)16/h5-6,8H,4,7H2,1-3H3,(H,15,16). The van der Waals surface area contributed by atoms with Crippen LogP contribution in [-0.2, 0) is 0 Å². The number of carboxylic acid groups (broad SMARTS) is 1. The third kappa shape index (κ3) is 2.92. The maximum absolute atomic E-state index is 10.8. The normalized spacial score (nSPS) is 10.5. The Balaban J connectivity index is 3.00. The Morgan fingerprint density at radius 2 is 2.25 bits per heavy atom. The highest BCUT2D eigenvalue weighted by atomic mass is 16.4. The fraction of sp³-hybridized carbons (Fsp3) is 0.545. The molecule has 0 radical (unpaired) electrons. The van der Waals surface area contributed by atoms with E-state index < -0.39 is 5.97 Å². The molecule has 1 N–H and O–H groups in total. The number of aromatic carboxylic acids is 1. The van der Waals surface area contributed by atoms with Crippen LogP contribution in [0.3, 0.4) is 0 Å². The highest BCUT2D eigenvalue weighted by Gasteiger charge is 2.14. The van der Waals surface area contributed by atoms with Gasteiger partial charge in [-0.3, -0.25) is 0 Å². The quantitative estimate of drug-likeness (QED) is 0.824. The first-order chi connectivity index (χ1) is 7.56. The largest absolute Gasteiger partial charge is 0.477 e. The minimum atomic E-state index is -1.02. The Labute approximate surface area is 95.1 Å². The van der Waals surface area contributed by atoms with Crippen LogP contribution in [0.2, 0.25) is 0 Å². The number of nitrogens with zero attached hydrogens (tertiary/aromatic N) is 3. The van der Waals surface area contributed by atoms with Gasteiger partial charge in [0.05, 0.1) is 0 Å². The van der Waals surface area contributed by atoms with Crippen molar-refractivity contribution in [3.8, 4) is 0 Å². The molecule has 16 heavy (non-hydrogen) atoms. The van der Waals surface area contributed by atoms with E-state index in [1.165, 1.54) is 12.3 Å². The molecular formula is C11H17N3O2. The summed E-state index contributed by atoms with van der Waals surface area (Å²) in [5.41, 5.74) is 0.0340. The minimum absolute atomic E-state index is 0.0340. The van der Waals surface area contributed by atoms with Gasteiger partial charge in [-0.15, -0.1) is 0 Å². The Bertz CT molecular complexity index is 366. The second-order valence-corrected chi connectivity index (χ2v) is 3.83. The maximum atomic E-state index is 10.8. The minimum Gasteiger partial charge on any atom is -0.477 e. The molecule has 88 valence electrons. The molecule has 0 atom stereocenters. The Morgan fingerprint density at radius 3 is 2.75 bits per heavy atom. The van der Waals surface area contributed by atoms with Crippen molar-refractivity contribution < 1.29 is 9.90 Å². The van der Waals surface area contributed by atoms with Gasteiger partial charge in [0.2, 0.25) is 5.95 Å². The summed E-state index contributed by atoms with van der Waals surface area (Å²) < 4.78 is 0. The van der Waals surface area contributed by atoms with Gasteiger partial charge < -0.3 is 10.0 Å². The summed E-state index contributed by atoms with van der Waals surface area (Å²) in [5, 5.41) is 8.85. The van der Waals surface area contributed by atoms with Crippen LogP contribution < -0.4 is 4.90 Å². The molecule has 0 amide bonds. The molecule has 1 rings (SSSR count). The predicted molar refractivity (Wildman–Crippen MR) is 61.8 cm³/mol. The van der Waals surface area contributed by atoms with Crippen molar-refractivity contribution in [3.05, 3.63) is 18.0 Å². The summed E-state index contributed by atoms with van der Waals surface area (Å²) >= 11 is 0. The molecule has 0 aliphatic heterocycles. The lowest BCUT2D eigenvalue weighted by Crippen LogP contribution is -2.33. The number of rotatable bonds is 5. The van der Waals surface area contributed by atoms with Crippen molar-refractivity contribution in [2.24, 2.45) is 0 Å². The van der Waals surface area contributed by atoms with Crippen LogP contribution in [0.4, 0.5) is 5.95 Å². The van der Waals surface area contributed by atoms with Crippen molar-refractivity contribution in [2.45, 2.75) is 33.2 Å². The molecule has 0 spiro atoms. The highest BCUT2D eigenvalue weighted by Crippen LogP contribution is 2.11. The van der Waals surface area contributed by atoms with Crippen molar-refractivity contribution in [2.75, 3.05) is 11.4 Å². The van der Waals surface area contributed by atoms with E-state index in [1.807, 2.05) is 18.7 Å². The van der Waals surface area contributed by atoms with Gasteiger partial charge in [0.25, 0.3) is 0 Å². The van der Waals surface area contributed by atoms with E-state index >= 15 is 0 Å². The van der Waals surface area contributed by atoms with E-state index in [9.17, 15) is 4.79 Å². The molecule has 0 unspecified atom stereocenters. The molecule has 5 heteroatoms.